The second-order valence-corrected chi connectivity index (χ2v) is 6.50. The molecule has 0 bridgehead atoms. The summed E-state index contributed by atoms with van der Waals surface area (Å²) in [6, 6.07) is 13.6. The molecule has 0 radical (unpaired) electrons. The van der Waals surface area contributed by atoms with Crippen molar-refractivity contribution >= 4 is 29.3 Å². The highest BCUT2D eigenvalue weighted by molar-refractivity contribution is 8.00. The topological polar surface area (TPSA) is 107 Å². The number of amides is 2. The molecule has 0 saturated heterocycles. The van der Waals surface area contributed by atoms with Gasteiger partial charge in [0.25, 0.3) is 5.69 Å². The molecule has 2 rings (SSSR count). The smallest absolute Gasteiger partial charge is 0.283 e. The summed E-state index contributed by atoms with van der Waals surface area (Å²) in [6.07, 6.45) is 0. The van der Waals surface area contributed by atoms with E-state index in [1.165, 1.54) is 12.1 Å². The van der Waals surface area contributed by atoms with E-state index in [2.05, 4.69) is 0 Å². The number of benzene rings is 2. The molecule has 0 aliphatic rings. The molecular weight excluding hydrogens is 354 g/mol. The van der Waals surface area contributed by atoms with Crippen LogP contribution in [0.5, 0.6) is 0 Å². The summed E-state index contributed by atoms with van der Waals surface area (Å²) in [5.74, 6) is -0.785. The number of primary amides is 1. The number of carbonyl (C=O) groups excluding carboxylic acids is 2. The number of carbonyl (C=O) groups is 2. The summed E-state index contributed by atoms with van der Waals surface area (Å²) in [5.41, 5.74) is 6.01. The third kappa shape index (κ3) is 5.06. The Morgan fingerprint density at radius 1 is 1.19 bits per heavy atom. The van der Waals surface area contributed by atoms with Crippen LogP contribution in [0.4, 0.5) is 5.69 Å². The van der Waals surface area contributed by atoms with Crippen molar-refractivity contribution in [3.63, 3.8) is 0 Å². The number of hydrogen-bond donors (Lipinski definition) is 1. The van der Waals surface area contributed by atoms with Crippen molar-refractivity contribution in [3.8, 4) is 0 Å². The van der Waals surface area contributed by atoms with E-state index < -0.39 is 10.8 Å². The Bertz CT molecular complexity index is 811. The zero-order chi connectivity index (χ0) is 19.1. The fraction of sp³-hybridized carbons (Fsp3) is 0.222. The molecule has 2 N–H and O–H groups in total. The Morgan fingerprint density at radius 2 is 1.88 bits per heavy atom. The van der Waals surface area contributed by atoms with Crippen molar-refractivity contribution in [2.75, 3.05) is 12.3 Å². The van der Waals surface area contributed by atoms with Gasteiger partial charge in [-0.2, -0.15) is 0 Å². The summed E-state index contributed by atoms with van der Waals surface area (Å²) < 4.78 is 0. The van der Waals surface area contributed by atoms with E-state index in [1.807, 2.05) is 37.3 Å². The van der Waals surface area contributed by atoms with Gasteiger partial charge in [-0.05, 0) is 24.6 Å². The van der Waals surface area contributed by atoms with Crippen molar-refractivity contribution in [3.05, 3.63) is 69.8 Å². The lowest BCUT2D eigenvalue weighted by Crippen LogP contribution is -2.31. The highest BCUT2D eigenvalue weighted by Crippen LogP contribution is 2.30. The lowest BCUT2D eigenvalue weighted by atomic mass is 10.2. The van der Waals surface area contributed by atoms with Gasteiger partial charge >= 0.3 is 0 Å². The first-order valence-electron chi connectivity index (χ1n) is 7.95. The van der Waals surface area contributed by atoms with Crippen LogP contribution in [0.2, 0.25) is 0 Å². The van der Waals surface area contributed by atoms with Crippen molar-refractivity contribution in [2.45, 2.75) is 18.4 Å². The van der Waals surface area contributed by atoms with E-state index in [4.69, 9.17) is 5.73 Å². The number of nitrogens with two attached hydrogens (primary N) is 1. The SMILES string of the molecule is CCN(Cc1ccccc1)C(=O)CSc1ccc(C(N)=O)cc1[N+](=O)[O-]. The summed E-state index contributed by atoms with van der Waals surface area (Å²) in [6.45, 7) is 2.91. The molecular formula is C18H19N3O4S. The molecule has 0 spiro atoms. The molecule has 0 saturated carbocycles. The van der Waals surface area contributed by atoms with Gasteiger partial charge in [0.2, 0.25) is 11.8 Å². The summed E-state index contributed by atoms with van der Waals surface area (Å²) in [5, 5.41) is 11.2. The molecule has 0 fully saturated rings. The largest absolute Gasteiger partial charge is 0.366 e. The van der Waals surface area contributed by atoms with Gasteiger partial charge in [0.15, 0.2) is 0 Å². The second kappa shape index (κ2) is 9.00. The number of hydrogen-bond acceptors (Lipinski definition) is 5. The number of nitro groups is 1. The maximum Gasteiger partial charge on any atom is 0.283 e. The van der Waals surface area contributed by atoms with Crippen molar-refractivity contribution in [1.82, 2.24) is 4.90 Å². The number of nitro benzene ring substituents is 1. The Hall–Kier alpha value is -2.87. The molecule has 0 heterocycles. The molecule has 0 aliphatic heterocycles. The summed E-state index contributed by atoms with van der Waals surface area (Å²) >= 11 is 1.07. The zero-order valence-electron chi connectivity index (χ0n) is 14.3. The van der Waals surface area contributed by atoms with Gasteiger partial charge in [-0.1, -0.05) is 30.3 Å². The average Bonchev–Trinajstić information content (AvgIpc) is 2.64. The Morgan fingerprint density at radius 3 is 2.46 bits per heavy atom. The molecule has 2 amide bonds. The number of thioether (sulfide) groups is 1. The quantitative estimate of drug-likeness (QED) is 0.435. The van der Waals surface area contributed by atoms with Gasteiger partial charge in [-0.3, -0.25) is 19.7 Å². The van der Waals surface area contributed by atoms with Gasteiger partial charge in [0.1, 0.15) is 0 Å². The second-order valence-electron chi connectivity index (χ2n) is 5.49. The molecule has 26 heavy (non-hydrogen) atoms. The highest BCUT2D eigenvalue weighted by atomic mass is 32.2. The van der Waals surface area contributed by atoms with E-state index in [0.717, 1.165) is 23.4 Å². The molecule has 0 atom stereocenters. The maximum absolute atomic E-state index is 12.5. The maximum atomic E-state index is 12.5. The van der Waals surface area contributed by atoms with Crippen LogP contribution in [0, 0.1) is 10.1 Å². The van der Waals surface area contributed by atoms with Gasteiger partial charge in [0.05, 0.1) is 15.6 Å². The minimum Gasteiger partial charge on any atom is -0.366 e. The van der Waals surface area contributed by atoms with Gasteiger partial charge in [-0.15, -0.1) is 11.8 Å². The molecule has 0 unspecified atom stereocenters. The van der Waals surface area contributed by atoms with Gasteiger partial charge in [0, 0.05) is 24.7 Å². The van der Waals surface area contributed by atoms with E-state index in [1.54, 1.807) is 4.90 Å². The zero-order valence-corrected chi connectivity index (χ0v) is 15.1. The minimum atomic E-state index is -0.735. The lowest BCUT2D eigenvalue weighted by molar-refractivity contribution is -0.387. The predicted octanol–water partition coefficient (Wildman–Crippen LogP) is 2.83. The molecule has 2 aromatic rings. The summed E-state index contributed by atoms with van der Waals surface area (Å²) in [7, 11) is 0. The van der Waals surface area contributed by atoms with E-state index in [9.17, 15) is 19.7 Å². The Labute approximate surface area is 155 Å². The van der Waals surface area contributed by atoms with Crippen LogP contribution in [0.1, 0.15) is 22.8 Å². The predicted molar refractivity (Wildman–Crippen MR) is 99.9 cm³/mol. The first-order chi connectivity index (χ1) is 12.4. The van der Waals surface area contributed by atoms with Crippen molar-refractivity contribution in [1.29, 1.82) is 0 Å². The van der Waals surface area contributed by atoms with Crippen LogP contribution < -0.4 is 5.73 Å². The standard InChI is InChI=1S/C18H19N3O4S/c1-2-20(11-13-6-4-3-5-7-13)17(22)12-26-16-9-8-14(18(19)23)10-15(16)21(24)25/h3-10H,2,11-12H2,1H3,(H2,19,23). The van der Waals surface area contributed by atoms with Crippen LogP contribution in [-0.2, 0) is 11.3 Å². The highest BCUT2D eigenvalue weighted by Gasteiger charge is 2.19. The molecule has 7 nitrogen and oxygen atoms in total. The monoisotopic (exact) mass is 373 g/mol. The molecule has 136 valence electrons. The average molecular weight is 373 g/mol. The fourth-order valence-electron chi connectivity index (χ4n) is 2.35. The fourth-order valence-corrected chi connectivity index (χ4v) is 3.25. The van der Waals surface area contributed by atoms with Crippen LogP contribution in [0.25, 0.3) is 0 Å². The third-order valence-corrected chi connectivity index (χ3v) is 4.79. The number of rotatable bonds is 8. The number of nitrogens with zero attached hydrogens (tertiary/aromatic N) is 2. The van der Waals surface area contributed by atoms with Crippen molar-refractivity contribution < 1.29 is 14.5 Å². The van der Waals surface area contributed by atoms with Crippen LogP contribution in [0.3, 0.4) is 0 Å². The molecule has 2 aromatic carbocycles. The summed E-state index contributed by atoms with van der Waals surface area (Å²) in [4.78, 5) is 36.3. The Balaban J connectivity index is 2.08. The third-order valence-electron chi connectivity index (χ3n) is 3.74. The first-order valence-corrected chi connectivity index (χ1v) is 8.93. The molecule has 0 aromatic heterocycles. The molecule has 0 aliphatic carbocycles. The van der Waals surface area contributed by atoms with E-state index in [-0.39, 0.29) is 22.9 Å². The van der Waals surface area contributed by atoms with E-state index >= 15 is 0 Å². The van der Waals surface area contributed by atoms with Crippen LogP contribution >= 0.6 is 11.8 Å². The Kier molecular flexibility index (Phi) is 6.74. The normalized spacial score (nSPS) is 10.3. The van der Waals surface area contributed by atoms with E-state index in [0.29, 0.717) is 18.0 Å². The van der Waals surface area contributed by atoms with Crippen molar-refractivity contribution in [2.24, 2.45) is 5.73 Å². The lowest BCUT2D eigenvalue weighted by Gasteiger charge is -2.20. The molecule has 8 heteroatoms. The minimum absolute atomic E-state index is 0.0617. The van der Waals surface area contributed by atoms with Gasteiger partial charge < -0.3 is 10.6 Å². The van der Waals surface area contributed by atoms with Crippen LogP contribution in [-0.4, -0.2) is 33.9 Å². The van der Waals surface area contributed by atoms with Crippen LogP contribution in [0.15, 0.2) is 53.4 Å². The van der Waals surface area contributed by atoms with Gasteiger partial charge in [-0.25, -0.2) is 0 Å². The first kappa shape index (κ1) is 19.5.